The zero-order valence-electron chi connectivity index (χ0n) is 12.3. The van der Waals surface area contributed by atoms with Crippen LogP contribution in [0.25, 0.3) is 0 Å². The topological polar surface area (TPSA) is 47.3 Å². The Morgan fingerprint density at radius 1 is 1.38 bits per heavy atom. The lowest BCUT2D eigenvalue weighted by molar-refractivity contribution is 0.0600. The molecule has 0 N–H and O–H groups in total. The van der Waals surface area contributed by atoms with Gasteiger partial charge < -0.3 is 4.90 Å². The first-order valence-electron chi connectivity index (χ1n) is 7.34. The van der Waals surface area contributed by atoms with E-state index in [9.17, 15) is 14.4 Å². The fraction of sp³-hybridized carbons (Fsp3) is 0.500. The molecule has 0 saturated carbocycles. The van der Waals surface area contributed by atoms with Gasteiger partial charge in [-0.3, -0.25) is 9.69 Å². The van der Waals surface area contributed by atoms with Gasteiger partial charge in [-0.05, 0) is 24.6 Å². The molecule has 21 heavy (non-hydrogen) atoms. The van der Waals surface area contributed by atoms with E-state index in [4.69, 9.17) is 0 Å². The average Bonchev–Trinajstić information content (AvgIpc) is 2.52. The van der Waals surface area contributed by atoms with Crippen LogP contribution in [0.15, 0.2) is 24.3 Å². The molecule has 5 heteroatoms. The van der Waals surface area contributed by atoms with Gasteiger partial charge in [0.25, 0.3) is 5.91 Å². The number of nitrogens with zero attached hydrogens (tertiary/aromatic N) is 3. The van der Waals surface area contributed by atoms with Crippen molar-refractivity contribution in [3.63, 3.8) is 0 Å². The Bertz CT molecular complexity index is 533. The van der Waals surface area contributed by atoms with E-state index >= 15 is 0 Å². The maximum atomic E-state index is 13.2. The van der Waals surface area contributed by atoms with E-state index in [1.165, 1.54) is 12.1 Å². The van der Waals surface area contributed by atoms with Crippen molar-refractivity contribution >= 4 is 5.91 Å². The second-order valence-corrected chi connectivity index (χ2v) is 5.27. The minimum Gasteiger partial charge on any atom is -0.336 e. The third-order valence-corrected chi connectivity index (χ3v) is 3.82. The van der Waals surface area contributed by atoms with Gasteiger partial charge in [0.1, 0.15) is 5.82 Å². The maximum absolute atomic E-state index is 13.2. The number of amides is 1. The maximum Gasteiger partial charge on any atom is 0.254 e. The van der Waals surface area contributed by atoms with Crippen LogP contribution in [-0.4, -0.2) is 47.9 Å². The molecule has 2 rings (SSSR count). The molecule has 0 radical (unpaired) electrons. The van der Waals surface area contributed by atoms with Crippen molar-refractivity contribution in [2.24, 2.45) is 0 Å². The lowest BCUT2D eigenvalue weighted by Crippen LogP contribution is -2.51. The fourth-order valence-electron chi connectivity index (χ4n) is 2.64. The number of piperazine rings is 1. The molecule has 1 saturated heterocycles. The molecule has 1 fully saturated rings. The Labute approximate surface area is 124 Å². The van der Waals surface area contributed by atoms with Gasteiger partial charge in [0, 0.05) is 31.7 Å². The van der Waals surface area contributed by atoms with Gasteiger partial charge in [-0.1, -0.05) is 19.4 Å². The third-order valence-electron chi connectivity index (χ3n) is 3.82. The van der Waals surface area contributed by atoms with Crippen LogP contribution in [-0.2, 0) is 0 Å². The molecule has 1 heterocycles. The standard InChI is InChI=1S/C16H20FN3O/c1-2-4-15(12-18)19-7-9-20(10-8-19)16(21)13-5-3-6-14(17)11-13/h3,5-6,11,15H,2,4,7-10H2,1H3. The van der Waals surface area contributed by atoms with Crippen LogP contribution in [0.4, 0.5) is 4.39 Å². The Morgan fingerprint density at radius 2 is 2.10 bits per heavy atom. The Kier molecular flexibility index (Phi) is 5.29. The zero-order valence-corrected chi connectivity index (χ0v) is 12.3. The van der Waals surface area contributed by atoms with E-state index < -0.39 is 5.82 Å². The number of carbonyl (C=O) groups is 1. The molecule has 1 unspecified atom stereocenters. The molecule has 0 aliphatic carbocycles. The molecule has 1 atom stereocenters. The lowest BCUT2D eigenvalue weighted by Gasteiger charge is -2.36. The molecule has 0 bridgehead atoms. The van der Waals surface area contributed by atoms with Crippen molar-refractivity contribution in [2.75, 3.05) is 26.2 Å². The normalized spacial score (nSPS) is 17.3. The van der Waals surface area contributed by atoms with Crippen LogP contribution in [0.5, 0.6) is 0 Å². The summed E-state index contributed by atoms with van der Waals surface area (Å²) in [4.78, 5) is 16.2. The number of halogens is 1. The van der Waals surface area contributed by atoms with Gasteiger partial charge >= 0.3 is 0 Å². The van der Waals surface area contributed by atoms with Gasteiger partial charge in [0.15, 0.2) is 0 Å². The predicted octanol–water partition coefficient (Wildman–Crippen LogP) is 2.28. The van der Waals surface area contributed by atoms with E-state index in [1.54, 1.807) is 17.0 Å². The number of nitriles is 1. The molecule has 1 aromatic carbocycles. The van der Waals surface area contributed by atoms with Crippen LogP contribution < -0.4 is 0 Å². The highest BCUT2D eigenvalue weighted by molar-refractivity contribution is 5.94. The van der Waals surface area contributed by atoms with Crippen molar-refractivity contribution in [3.8, 4) is 6.07 Å². The molecule has 112 valence electrons. The van der Waals surface area contributed by atoms with Crippen molar-refractivity contribution in [1.29, 1.82) is 5.26 Å². The molecule has 1 aliphatic heterocycles. The number of carbonyl (C=O) groups excluding carboxylic acids is 1. The van der Waals surface area contributed by atoms with Gasteiger partial charge in [-0.15, -0.1) is 0 Å². The Hall–Kier alpha value is -1.93. The lowest BCUT2D eigenvalue weighted by atomic mass is 10.1. The summed E-state index contributed by atoms with van der Waals surface area (Å²) in [6.45, 7) is 4.61. The first-order chi connectivity index (χ1) is 10.2. The first kappa shape index (κ1) is 15.5. The quantitative estimate of drug-likeness (QED) is 0.854. The number of benzene rings is 1. The van der Waals surface area contributed by atoms with E-state index in [1.807, 2.05) is 0 Å². The van der Waals surface area contributed by atoms with Gasteiger partial charge in [-0.25, -0.2) is 4.39 Å². The summed E-state index contributed by atoms with van der Waals surface area (Å²) in [6, 6.07) is 8.04. The molecule has 0 spiro atoms. The highest BCUT2D eigenvalue weighted by Gasteiger charge is 2.26. The largest absolute Gasteiger partial charge is 0.336 e. The van der Waals surface area contributed by atoms with E-state index in [0.717, 1.165) is 12.8 Å². The molecule has 1 aliphatic rings. The van der Waals surface area contributed by atoms with Crippen LogP contribution in [0.1, 0.15) is 30.1 Å². The van der Waals surface area contributed by atoms with Crippen molar-refractivity contribution < 1.29 is 9.18 Å². The highest BCUT2D eigenvalue weighted by Crippen LogP contribution is 2.13. The average molecular weight is 289 g/mol. The monoisotopic (exact) mass is 289 g/mol. The SMILES string of the molecule is CCCC(C#N)N1CCN(C(=O)c2cccc(F)c2)CC1. The molecule has 4 nitrogen and oxygen atoms in total. The summed E-state index contributed by atoms with van der Waals surface area (Å²) in [6.07, 6.45) is 1.83. The predicted molar refractivity (Wildman–Crippen MR) is 78.2 cm³/mol. The number of hydrogen-bond acceptors (Lipinski definition) is 3. The summed E-state index contributed by atoms with van der Waals surface area (Å²) in [5.41, 5.74) is 0.383. The van der Waals surface area contributed by atoms with Crippen molar-refractivity contribution in [1.82, 2.24) is 9.80 Å². The van der Waals surface area contributed by atoms with Crippen LogP contribution in [0, 0.1) is 17.1 Å². The molecular weight excluding hydrogens is 269 g/mol. The Morgan fingerprint density at radius 3 is 2.67 bits per heavy atom. The van der Waals surface area contributed by atoms with E-state index in [2.05, 4.69) is 17.9 Å². The summed E-state index contributed by atoms with van der Waals surface area (Å²) >= 11 is 0. The van der Waals surface area contributed by atoms with E-state index in [-0.39, 0.29) is 11.9 Å². The first-order valence-corrected chi connectivity index (χ1v) is 7.34. The molecule has 1 aromatic rings. The summed E-state index contributed by atoms with van der Waals surface area (Å²) in [5.74, 6) is -0.537. The molecule has 1 amide bonds. The van der Waals surface area contributed by atoms with E-state index in [0.29, 0.717) is 31.7 Å². The van der Waals surface area contributed by atoms with Gasteiger partial charge in [-0.2, -0.15) is 5.26 Å². The van der Waals surface area contributed by atoms with Crippen molar-refractivity contribution in [3.05, 3.63) is 35.6 Å². The second kappa shape index (κ2) is 7.19. The Balaban J connectivity index is 1.95. The summed E-state index contributed by atoms with van der Waals surface area (Å²) in [5, 5.41) is 9.18. The smallest absolute Gasteiger partial charge is 0.254 e. The summed E-state index contributed by atoms with van der Waals surface area (Å²) < 4.78 is 13.2. The van der Waals surface area contributed by atoms with Crippen LogP contribution >= 0.6 is 0 Å². The molecule has 0 aromatic heterocycles. The highest BCUT2D eigenvalue weighted by atomic mass is 19.1. The van der Waals surface area contributed by atoms with Gasteiger partial charge in [0.05, 0.1) is 12.1 Å². The van der Waals surface area contributed by atoms with Gasteiger partial charge in [0.2, 0.25) is 0 Å². The fourth-order valence-corrected chi connectivity index (χ4v) is 2.64. The number of rotatable bonds is 4. The van der Waals surface area contributed by atoms with Crippen LogP contribution in [0.2, 0.25) is 0 Å². The second-order valence-electron chi connectivity index (χ2n) is 5.27. The zero-order chi connectivity index (χ0) is 15.2. The minimum absolute atomic E-state index is 0.0681. The molecular formula is C16H20FN3O. The third kappa shape index (κ3) is 3.79. The van der Waals surface area contributed by atoms with Crippen LogP contribution in [0.3, 0.4) is 0 Å². The van der Waals surface area contributed by atoms with Crippen molar-refractivity contribution in [2.45, 2.75) is 25.8 Å². The number of hydrogen-bond donors (Lipinski definition) is 0. The minimum atomic E-state index is -0.396. The summed E-state index contributed by atoms with van der Waals surface area (Å²) in [7, 11) is 0.